The number of phosphoric acid groups is 2. The summed E-state index contributed by atoms with van der Waals surface area (Å²) in [5.41, 5.74) is 0. The molecule has 0 radical (unpaired) electrons. The molecule has 0 fully saturated rings. The van der Waals surface area contributed by atoms with Gasteiger partial charge in [0, 0.05) is 25.7 Å². The van der Waals surface area contributed by atoms with Crippen molar-refractivity contribution in [2.75, 3.05) is 39.6 Å². The maximum atomic E-state index is 13.1. The number of carbonyl (C=O) groups excluding carboxylic acids is 4. The Morgan fingerprint density at radius 1 is 0.260 bits per heavy atom. The van der Waals surface area contributed by atoms with Crippen molar-refractivity contribution in [1.82, 2.24) is 0 Å². The van der Waals surface area contributed by atoms with Gasteiger partial charge in [0.15, 0.2) is 12.2 Å². The lowest BCUT2D eigenvalue weighted by atomic mass is 10.0. The Balaban J connectivity index is 5.22. The fraction of sp³-hybridized carbons (Fsp3) is 0.953. The number of phosphoric ester groups is 2. The van der Waals surface area contributed by atoms with Crippen molar-refractivity contribution >= 4 is 39.5 Å². The SMILES string of the molecule is CCCCCCCCCCCCCCCCCCCCCCCC(=O)O[C@H](COC(=O)CCCCCCCCCCCCCCCCCCCCC)COP(=O)(O)OC[C@@H](O)COP(=O)(O)OC[C@@H](COC(=O)CCCCCCCCCCCCC)OC(=O)CCCCCCCCCCCCC(C)C. The van der Waals surface area contributed by atoms with E-state index in [1.807, 2.05) is 0 Å². The predicted octanol–water partition coefficient (Wildman–Crippen LogP) is 26.0. The molecule has 3 N–H and O–H groups in total. The van der Waals surface area contributed by atoms with Crippen LogP contribution in [0.5, 0.6) is 0 Å². The molecule has 0 bridgehead atoms. The number of aliphatic hydroxyl groups is 1. The van der Waals surface area contributed by atoms with Crippen LogP contribution in [-0.2, 0) is 65.4 Å². The van der Waals surface area contributed by atoms with Crippen molar-refractivity contribution in [1.29, 1.82) is 0 Å². The Labute approximate surface area is 638 Å². The van der Waals surface area contributed by atoms with Crippen LogP contribution in [0.1, 0.15) is 458 Å². The lowest BCUT2D eigenvalue weighted by Gasteiger charge is -2.21. The summed E-state index contributed by atoms with van der Waals surface area (Å²) in [4.78, 5) is 73.2. The average molecular weight is 1520 g/mol. The number of ether oxygens (including phenoxy) is 4. The van der Waals surface area contributed by atoms with E-state index in [1.165, 1.54) is 283 Å². The molecule has 0 aliphatic heterocycles. The summed E-state index contributed by atoms with van der Waals surface area (Å²) in [6, 6.07) is 0. The number of rotatable bonds is 85. The molecule has 104 heavy (non-hydrogen) atoms. The van der Waals surface area contributed by atoms with Crippen LogP contribution in [-0.4, -0.2) is 96.7 Å². The Hall–Kier alpha value is -1.94. The third kappa shape index (κ3) is 78.2. The highest BCUT2D eigenvalue weighted by Gasteiger charge is 2.30. The van der Waals surface area contributed by atoms with Gasteiger partial charge >= 0.3 is 39.5 Å². The number of hydrogen-bond donors (Lipinski definition) is 3. The molecule has 618 valence electrons. The second-order valence-corrected chi connectivity index (χ2v) is 34.0. The van der Waals surface area contributed by atoms with Crippen LogP contribution in [0.4, 0.5) is 0 Å². The van der Waals surface area contributed by atoms with Gasteiger partial charge in [-0.15, -0.1) is 0 Å². The van der Waals surface area contributed by atoms with Gasteiger partial charge in [0.2, 0.25) is 0 Å². The minimum Gasteiger partial charge on any atom is -0.462 e. The van der Waals surface area contributed by atoms with E-state index in [9.17, 15) is 43.2 Å². The van der Waals surface area contributed by atoms with Gasteiger partial charge in [0.05, 0.1) is 26.4 Å². The molecule has 19 heteroatoms. The Kier molecular flexibility index (Phi) is 76.3. The second-order valence-electron chi connectivity index (χ2n) is 31.1. The van der Waals surface area contributed by atoms with E-state index in [0.717, 1.165) is 95.8 Å². The lowest BCUT2D eigenvalue weighted by Crippen LogP contribution is -2.30. The smallest absolute Gasteiger partial charge is 0.462 e. The molecule has 0 amide bonds. The molecule has 0 aromatic rings. The molecule has 17 nitrogen and oxygen atoms in total. The van der Waals surface area contributed by atoms with E-state index in [1.54, 1.807) is 0 Å². The van der Waals surface area contributed by atoms with Gasteiger partial charge in [-0.1, -0.05) is 407 Å². The third-order valence-corrected chi connectivity index (χ3v) is 21.9. The predicted molar refractivity (Wildman–Crippen MR) is 428 cm³/mol. The zero-order chi connectivity index (χ0) is 76.2. The summed E-state index contributed by atoms with van der Waals surface area (Å²) in [6.07, 6.45) is 70.9. The fourth-order valence-electron chi connectivity index (χ4n) is 13.3. The first-order valence-corrected chi connectivity index (χ1v) is 47.1. The Morgan fingerprint density at radius 3 is 0.654 bits per heavy atom. The highest BCUT2D eigenvalue weighted by Crippen LogP contribution is 2.45. The van der Waals surface area contributed by atoms with Crippen LogP contribution in [0, 0.1) is 5.92 Å². The Bertz CT molecular complexity index is 1980. The van der Waals surface area contributed by atoms with Crippen molar-refractivity contribution in [3.63, 3.8) is 0 Å². The quantitative estimate of drug-likeness (QED) is 0.0222. The summed E-state index contributed by atoms with van der Waals surface area (Å²) in [6.45, 7) is 7.34. The van der Waals surface area contributed by atoms with E-state index < -0.39 is 97.5 Å². The molecule has 0 aliphatic carbocycles. The number of aliphatic hydroxyl groups excluding tert-OH is 1. The zero-order valence-electron chi connectivity index (χ0n) is 68.2. The summed E-state index contributed by atoms with van der Waals surface area (Å²) in [5.74, 6) is -1.35. The van der Waals surface area contributed by atoms with Crippen LogP contribution in [0.3, 0.4) is 0 Å². The molecule has 0 aliphatic rings. The molecule has 0 heterocycles. The number of unbranched alkanes of at least 4 members (excludes halogenated alkanes) is 57. The van der Waals surface area contributed by atoms with Crippen molar-refractivity contribution in [2.24, 2.45) is 5.92 Å². The van der Waals surface area contributed by atoms with Gasteiger partial charge in [-0.25, -0.2) is 9.13 Å². The molecule has 0 rings (SSSR count). The van der Waals surface area contributed by atoms with Gasteiger partial charge < -0.3 is 33.8 Å². The average Bonchev–Trinajstić information content (AvgIpc) is 0.915. The molecule has 2 unspecified atom stereocenters. The van der Waals surface area contributed by atoms with Crippen molar-refractivity contribution in [3.8, 4) is 0 Å². The van der Waals surface area contributed by atoms with Crippen molar-refractivity contribution in [3.05, 3.63) is 0 Å². The van der Waals surface area contributed by atoms with Crippen LogP contribution < -0.4 is 0 Å². The minimum absolute atomic E-state index is 0.107. The molecule has 0 aromatic carbocycles. The van der Waals surface area contributed by atoms with Crippen LogP contribution in [0.25, 0.3) is 0 Å². The molecular weight excluding hydrogens is 1350 g/mol. The number of carbonyl (C=O) groups is 4. The van der Waals surface area contributed by atoms with E-state index in [2.05, 4.69) is 34.6 Å². The summed E-state index contributed by atoms with van der Waals surface area (Å²) >= 11 is 0. The third-order valence-electron chi connectivity index (χ3n) is 20.0. The largest absolute Gasteiger partial charge is 0.472 e. The molecular formula is C85H166O17P2. The monoisotopic (exact) mass is 1520 g/mol. The summed E-state index contributed by atoms with van der Waals surface area (Å²) in [5, 5.41) is 10.7. The van der Waals surface area contributed by atoms with E-state index in [0.29, 0.717) is 25.7 Å². The minimum atomic E-state index is -4.96. The summed E-state index contributed by atoms with van der Waals surface area (Å²) in [7, 11) is -9.92. The first kappa shape index (κ1) is 102. The molecule has 0 saturated carbocycles. The number of esters is 4. The van der Waals surface area contributed by atoms with Crippen LogP contribution in [0.15, 0.2) is 0 Å². The van der Waals surface area contributed by atoms with Crippen molar-refractivity contribution < 1.29 is 80.2 Å². The van der Waals surface area contributed by atoms with Crippen molar-refractivity contribution in [2.45, 2.75) is 477 Å². The first-order chi connectivity index (χ1) is 50.5. The standard InChI is InChI=1S/C85H166O17P2/c1-6-9-12-15-18-21-24-26-28-30-32-33-35-37-39-41-44-50-55-60-65-70-84(89)101-80(75-96-83(88)69-64-59-54-49-43-40-38-36-34-31-29-27-25-22-19-16-13-10-7-2)76-99-103(91,92)97-72-79(86)73-98-104(93,94)100-77-81(74-95-82(87)68-63-58-53-48-42-23-20-17-14-11-8-3)102-85(90)71-66-61-56-51-46-45-47-52-57-62-67-78(4)5/h78-81,86H,6-77H2,1-5H3,(H,91,92)(H,93,94)/t79-,80-,81-/m1/s1. The highest BCUT2D eigenvalue weighted by atomic mass is 31.2. The van der Waals surface area contributed by atoms with E-state index in [-0.39, 0.29) is 25.7 Å². The maximum Gasteiger partial charge on any atom is 0.472 e. The Morgan fingerprint density at radius 2 is 0.442 bits per heavy atom. The molecule has 0 saturated heterocycles. The van der Waals surface area contributed by atoms with Gasteiger partial charge in [-0.05, 0) is 31.6 Å². The van der Waals surface area contributed by atoms with E-state index >= 15 is 0 Å². The normalized spacial score (nSPS) is 13.8. The molecule has 0 aromatic heterocycles. The lowest BCUT2D eigenvalue weighted by molar-refractivity contribution is -0.161. The van der Waals surface area contributed by atoms with Gasteiger partial charge in [0.1, 0.15) is 19.3 Å². The van der Waals surface area contributed by atoms with Gasteiger partial charge in [0.25, 0.3) is 0 Å². The number of hydrogen-bond acceptors (Lipinski definition) is 15. The second kappa shape index (κ2) is 77.8. The van der Waals surface area contributed by atoms with E-state index in [4.69, 9.17) is 37.0 Å². The highest BCUT2D eigenvalue weighted by molar-refractivity contribution is 7.47. The van der Waals surface area contributed by atoms with Gasteiger partial charge in [-0.3, -0.25) is 37.3 Å². The fourth-order valence-corrected chi connectivity index (χ4v) is 14.9. The topological polar surface area (TPSA) is 237 Å². The zero-order valence-corrected chi connectivity index (χ0v) is 70.0. The maximum absolute atomic E-state index is 13.1. The van der Waals surface area contributed by atoms with Crippen LogP contribution >= 0.6 is 15.6 Å². The molecule has 5 atom stereocenters. The first-order valence-electron chi connectivity index (χ1n) is 44.1. The molecule has 0 spiro atoms. The summed E-state index contributed by atoms with van der Waals surface area (Å²) < 4.78 is 68.8. The van der Waals surface area contributed by atoms with Crippen LogP contribution in [0.2, 0.25) is 0 Å². The van der Waals surface area contributed by atoms with Gasteiger partial charge in [-0.2, -0.15) is 0 Å².